The lowest BCUT2D eigenvalue weighted by molar-refractivity contribution is -0.302. The Morgan fingerprint density at radius 1 is 0.861 bits per heavy atom. The Balaban J connectivity index is 1.91. The van der Waals surface area contributed by atoms with Gasteiger partial charge in [0.05, 0.1) is 30.5 Å². The van der Waals surface area contributed by atoms with Crippen LogP contribution in [-0.2, 0) is 47.0 Å². The Morgan fingerprint density at radius 3 is 2.00 bits per heavy atom. The van der Waals surface area contributed by atoms with Crippen molar-refractivity contribution in [2.75, 3.05) is 20.8 Å². The van der Waals surface area contributed by atoms with E-state index in [2.05, 4.69) is 101 Å². The van der Waals surface area contributed by atoms with Crippen LogP contribution in [0.3, 0.4) is 0 Å². The van der Waals surface area contributed by atoms with Crippen molar-refractivity contribution in [3.63, 3.8) is 0 Å². The molecule has 0 radical (unpaired) electrons. The summed E-state index contributed by atoms with van der Waals surface area (Å²) in [6, 6.07) is -1.12. The van der Waals surface area contributed by atoms with Gasteiger partial charge in [-0.15, -0.1) is 0 Å². The lowest BCUT2D eigenvalue weighted by Crippen LogP contribution is -2.64. The van der Waals surface area contributed by atoms with Gasteiger partial charge >= 0.3 is 5.97 Å². The van der Waals surface area contributed by atoms with Crippen LogP contribution in [0.5, 0.6) is 0 Å². The van der Waals surface area contributed by atoms with Crippen LogP contribution in [0.25, 0.3) is 0 Å². The fourth-order valence-electron chi connectivity index (χ4n) is 12.6. The topological polar surface area (TPSA) is 167 Å². The van der Waals surface area contributed by atoms with E-state index in [1.165, 1.54) is 4.90 Å². The average molecular weight is 1050 g/mol. The second kappa shape index (κ2) is 25.8. The molecule has 72 heavy (non-hydrogen) atoms. The summed E-state index contributed by atoms with van der Waals surface area (Å²) in [6.07, 6.45) is 5.12. The van der Waals surface area contributed by atoms with Crippen LogP contribution in [0.15, 0.2) is 23.3 Å². The molecule has 414 valence electrons. The molecule has 2 bridgehead atoms. The van der Waals surface area contributed by atoms with Gasteiger partial charge in [-0.25, -0.2) is 4.79 Å². The molecular formula is C57H101NO12Si2. The molecule has 0 spiro atoms. The summed E-state index contributed by atoms with van der Waals surface area (Å²) in [5.41, 5.74) is 2.43. The van der Waals surface area contributed by atoms with Crippen LogP contribution < -0.4 is 0 Å². The monoisotopic (exact) mass is 1050 g/mol. The van der Waals surface area contributed by atoms with Crippen LogP contribution in [0.1, 0.15) is 174 Å². The first-order valence-corrected chi connectivity index (χ1v) is 32.9. The van der Waals surface area contributed by atoms with E-state index >= 15 is 9.59 Å². The molecule has 13 nitrogen and oxygen atoms in total. The maximum atomic E-state index is 15.1. The van der Waals surface area contributed by atoms with E-state index in [0.29, 0.717) is 44.9 Å². The molecule has 0 aromatic carbocycles. The summed E-state index contributed by atoms with van der Waals surface area (Å²) in [4.78, 5) is 60.7. The van der Waals surface area contributed by atoms with Crippen molar-refractivity contribution in [1.82, 2.24) is 4.90 Å². The van der Waals surface area contributed by atoms with Gasteiger partial charge in [-0.2, -0.15) is 0 Å². The number of carbonyl (C=O) groups is 4. The Labute approximate surface area is 437 Å². The second-order valence-corrected chi connectivity index (χ2v) is 35.4. The summed E-state index contributed by atoms with van der Waals surface area (Å²) in [5, 5.41) is 24.0. The smallest absolute Gasteiger partial charge is 0.329 e. The Bertz CT molecular complexity index is 1870. The van der Waals surface area contributed by atoms with Crippen molar-refractivity contribution in [2.45, 2.75) is 264 Å². The molecule has 1 aliphatic carbocycles. The lowest BCUT2D eigenvalue weighted by atomic mass is 9.81. The molecule has 0 aromatic heterocycles. The van der Waals surface area contributed by atoms with E-state index < -0.39 is 94.6 Å². The molecule has 14 atom stereocenters. The molecular weight excluding hydrogens is 947 g/mol. The number of aliphatic hydroxyl groups is 2. The van der Waals surface area contributed by atoms with Crippen molar-refractivity contribution >= 4 is 40.1 Å². The highest BCUT2D eigenvalue weighted by atomic mass is 28.4. The van der Waals surface area contributed by atoms with Gasteiger partial charge in [-0.1, -0.05) is 108 Å². The predicted molar refractivity (Wildman–Crippen MR) is 289 cm³/mol. The number of hydrogen-bond donors (Lipinski definition) is 2. The number of esters is 1. The highest BCUT2D eigenvalue weighted by Crippen LogP contribution is 2.46. The van der Waals surface area contributed by atoms with Crippen molar-refractivity contribution < 1.29 is 57.2 Å². The molecule has 15 heteroatoms. The molecule has 3 fully saturated rings. The molecule has 2 N–H and O–H groups in total. The predicted octanol–water partition coefficient (Wildman–Crippen LogP) is 11.0. The number of piperidine rings is 1. The fraction of sp³-hybridized carbons (Fsp3) is 0.860. The molecule has 4 rings (SSSR count). The molecule has 3 aliphatic heterocycles. The first kappa shape index (κ1) is 62.5. The Kier molecular flexibility index (Phi) is 22.4. The fourth-order valence-corrected chi connectivity index (χ4v) is 19.7. The number of ketones is 2. The van der Waals surface area contributed by atoms with E-state index in [1.54, 1.807) is 21.1 Å². The Morgan fingerprint density at radius 2 is 1.46 bits per heavy atom. The number of methoxy groups -OCH3 is 2. The van der Waals surface area contributed by atoms with E-state index in [4.69, 9.17) is 27.8 Å². The van der Waals surface area contributed by atoms with Gasteiger partial charge in [0, 0.05) is 44.9 Å². The quantitative estimate of drug-likeness (QED) is 0.0823. The summed E-state index contributed by atoms with van der Waals surface area (Å²) < 4.78 is 39.5. The first-order chi connectivity index (χ1) is 33.4. The van der Waals surface area contributed by atoms with Gasteiger partial charge in [-0.3, -0.25) is 14.4 Å². The number of Topliss-reactive ketones (excluding diaryl/α,β-unsaturated/α-hetero) is 2. The number of ether oxygens (including phenoxy) is 4. The van der Waals surface area contributed by atoms with E-state index in [0.717, 1.165) is 17.6 Å². The number of aliphatic hydroxyl groups excluding tert-OH is 1. The zero-order chi connectivity index (χ0) is 54.4. The minimum Gasteiger partial charge on any atom is -0.456 e. The van der Waals surface area contributed by atoms with Gasteiger partial charge < -0.3 is 42.9 Å². The van der Waals surface area contributed by atoms with Gasteiger partial charge in [0.15, 0.2) is 8.32 Å². The van der Waals surface area contributed by atoms with E-state index in [-0.39, 0.29) is 77.1 Å². The van der Waals surface area contributed by atoms with Gasteiger partial charge in [0.1, 0.15) is 24.0 Å². The van der Waals surface area contributed by atoms with Crippen LogP contribution in [0.4, 0.5) is 0 Å². The number of hydrogen-bond acceptors (Lipinski definition) is 12. The van der Waals surface area contributed by atoms with Gasteiger partial charge in [0.25, 0.3) is 11.7 Å². The molecule has 0 aromatic rings. The third-order valence-electron chi connectivity index (χ3n) is 17.9. The maximum Gasteiger partial charge on any atom is 0.329 e. The summed E-state index contributed by atoms with van der Waals surface area (Å²) in [5.74, 6) is -6.99. The van der Waals surface area contributed by atoms with E-state index in [1.807, 2.05) is 20.8 Å². The molecule has 1 amide bonds. The van der Waals surface area contributed by atoms with Crippen LogP contribution in [0, 0.1) is 29.6 Å². The number of carbonyl (C=O) groups excluding carboxylic acids is 4. The van der Waals surface area contributed by atoms with Gasteiger partial charge in [-0.05, 0) is 130 Å². The zero-order valence-corrected chi connectivity index (χ0v) is 50.3. The van der Waals surface area contributed by atoms with Crippen molar-refractivity contribution in [1.29, 1.82) is 0 Å². The number of rotatable bonds is 12. The number of amides is 1. The minimum atomic E-state index is -2.67. The first-order valence-electron chi connectivity index (χ1n) is 27.8. The maximum absolute atomic E-state index is 15.1. The number of fused-ring (bicyclic) bond motifs is 3. The SMILES string of the molecule is CCC1/C=C(\C)CC(C)CC(OC)C2OC(O)(C(=O)C(=O)N3CCCCC3C(=O)OC(C(C)=CC3CCC(O[Si](C)(C)C(C)(C)C)C(O)C3)C(C)C(O[Si](C(C)C)(C(C)C)C(C)C)CC1=O)C(C)CC2OC. The summed E-state index contributed by atoms with van der Waals surface area (Å²) >= 11 is 0. The molecule has 4 aliphatic rings. The number of cyclic esters (lactones) is 1. The Hall–Kier alpha value is -2.09. The minimum absolute atomic E-state index is 0.00921. The largest absolute Gasteiger partial charge is 0.456 e. The summed E-state index contributed by atoms with van der Waals surface area (Å²) in [7, 11) is -1.70. The van der Waals surface area contributed by atoms with Crippen molar-refractivity contribution in [2.24, 2.45) is 29.6 Å². The molecule has 2 saturated heterocycles. The van der Waals surface area contributed by atoms with Crippen LogP contribution >= 0.6 is 0 Å². The highest BCUT2D eigenvalue weighted by molar-refractivity contribution is 6.77. The molecule has 14 unspecified atom stereocenters. The average Bonchev–Trinajstić information content (AvgIpc) is 3.30. The lowest BCUT2D eigenvalue weighted by Gasteiger charge is -2.47. The molecule has 3 heterocycles. The van der Waals surface area contributed by atoms with Gasteiger partial charge in [0.2, 0.25) is 14.1 Å². The number of allylic oxidation sites excluding steroid dienone is 3. The van der Waals surface area contributed by atoms with Crippen LogP contribution in [0.2, 0.25) is 34.8 Å². The zero-order valence-electron chi connectivity index (χ0n) is 48.3. The molecule has 1 saturated carbocycles. The third-order valence-corrected chi connectivity index (χ3v) is 28.5. The number of nitrogens with zero attached hydrogens (tertiary/aromatic N) is 1. The standard InChI is InChI=1S/C57H101NO12Si2/c1-20-43-28-37(8)27-38(9)29-49(65-16)52-50(66-17)31-40(11)57(64,68-52)53(61)54(62)58-26-22-21-23-44(58)55(63)67-51(41(12)48(33-45(43)59)70-72(34(2)3,35(4)5)36(6)7)39(10)30-42-24-25-47(46(60)32-42)69-71(18,19)56(13,14)15/h28,30,34-36,38,40-44,46-52,60,64H,20-27,29,31-33H2,1-19H3/b37-28+,39-30?. The van der Waals surface area contributed by atoms with Crippen LogP contribution in [-0.4, -0.2) is 131 Å². The summed E-state index contributed by atoms with van der Waals surface area (Å²) in [6.45, 7) is 36.3. The van der Waals surface area contributed by atoms with E-state index in [9.17, 15) is 19.8 Å². The van der Waals surface area contributed by atoms with Crippen molar-refractivity contribution in [3.05, 3.63) is 23.3 Å². The normalized spacial score (nSPS) is 36.0. The second-order valence-electron chi connectivity index (χ2n) is 25.2. The van der Waals surface area contributed by atoms with Crippen molar-refractivity contribution in [3.8, 4) is 0 Å². The highest BCUT2D eigenvalue weighted by Gasteiger charge is 2.57. The third kappa shape index (κ3) is 14.3.